The lowest BCUT2D eigenvalue weighted by atomic mass is 10.2. The van der Waals surface area contributed by atoms with Gasteiger partial charge in [0.05, 0.1) is 5.75 Å². The lowest BCUT2D eigenvalue weighted by Crippen LogP contribution is -2.05. The van der Waals surface area contributed by atoms with Gasteiger partial charge < -0.3 is 0 Å². The Balaban J connectivity index is 1.70. The van der Waals surface area contributed by atoms with Crippen LogP contribution in [0.2, 0.25) is 0 Å². The molecule has 0 amide bonds. The molecule has 4 aromatic rings. The van der Waals surface area contributed by atoms with Crippen molar-refractivity contribution in [3.8, 4) is 17.1 Å². The number of benzene rings is 2. The second kappa shape index (κ2) is 8.35. The van der Waals surface area contributed by atoms with Gasteiger partial charge in [0, 0.05) is 17.8 Å². The molecule has 2 aromatic carbocycles. The van der Waals surface area contributed by atoms with E-state index in [4.69, 9.17) is 0 Å². The molecule has 2 aromatic heterocycles. The largest absolute Gasteiger partial charge is 0.270 e. The highest BCUT2D eigenvalue weighted by Crippen LogP contribution is 2.29. The molecule has 0 saturated carbocycles. The SMILES string of the molecule is CCCn1nnnc1CSc1nnc(-c2ccccc2)n1-c1ccc(C)cc1. The summed E-state index contributed by atoms with van der Waals surface area (Å²) in [5.74, 6) is 2.29. The zero-order chi connectivity index (χ0) is 19.3. The van der Waals surface area contributed by atoms with Crippen LogP contribution in [0.5, 0.6) is 0 Å². The second-order valence-corrected chi connectivity index (χ2v) is 7.39. The Bertz CT molecular complexity index is 1040. The van der Waals surface area contributed by atoms with Crippen LogP contribution in [0.4, 0.5) is 0 Å². The molecule has 7 nitrogen and oxygen atoms in total. The van der Waals surface area contributed by atoms with Gasteiger partial charge in [-0.25, -0.2) is 4.68 Å². The topological polar surface area (TPSA) is 74.3 Å². The van der Waals surface area contributed by atoms with Crippen molar-refractivity contribution in [3.05, 3.63) is 66.0 Å². The van der Waals surface area contributed by atoms with Gasteiger partial charge in [-0.1, -0.05) is 66.7 Å². The summed E-state index contributed by atoms with van der Waals surface area (Å²) < 4.78 is 3.94. The van der Waals surface area contributed by atoms with E-state index in [0.29, 0.717) is 5.75 Å². The fraction of sp³-hybridized carbons (Fsp3) is 0.250. The first-order chi connectivity index (χ1) is 13.8. The monoisotopic (exact) mass is 391 g/mol. The second-order valence-electron chi connectivity index (χ2n) is 6.45. The molecule has 0 atom stereocenters. The van der Waals surface area contributed by atoms with Crippen molar-refractivity contribution in [1.29, 1.82) is 0 Å². The van der Waals surface area contributed by atoms with Crippen LogP contribution in [-0.4, -0.2) is 35.0 Å². The van der Waals surface area contributed by atoms with Gasteiger partial charge in [-0.05, 0) is 35.9 Å². The summed E-state index contributed by atoms with van der Waals surface area (Å²) in [5.41, 5.74) is 3.27. The average molecular weight is 392 g/mol. The van der Waals surface area contributed by atoms with Gasteiger partial charge in [-0.3, -0.25) is 4.57 Å². The summed E-state index contributed by atoms with van der Waals surface area (Å²) in [5, 5.41) is 21.8. The minimum Gasteiger partial charge on any atom is -0.270 e. The van der Waals surface area contributed by atoms with Crippen molar-refractivity contribution >= 4 is 11.8 Å². The number of rotatable bonds is 7. The molecule has 0 aliphatic rings. The summed E-state index contributed by atoms with van der Waals surface area (Å²) in [6.45, 7) is 5.00. The van der Waals surface area contributed by atoms with E-state index in [2.05, 4.69) is 68.4 Å². The Morgan fingerprint density at radius 3 is 2.46 bits per heavy atom. The molecule has 0 spiro atoms. The van der Waals surface area contributed by atoms with Crippen LogP contribution < -0.4 is 0 Å². The van der Waals surface area contributed by atoms with Gasteiger partial charge in [0.15, 0.2) is 16.8 Å². The van der Waals surface area contributed by atoms with E-state index in [-0.39, 0.29) is 0 Å². The van der Waals surface area contributed by atoms with Crippen LogP contribution in [0, 0.1) is 6.92 Å². The van der Waals surface area contributed by atoms with Crippen LogP contribution in [0.25, 0.3) is 17.1 Å². The van der Waals surface area contributed by atoms with Crippen LogP contribution in [0.1, 0.15) is 24.7 Å². The van der Waals surface area contributed by atoms with Crippen molar-refractivity contribution in [3.63, 3.8) is 0 Å². The molecule has 4 rings (SSSR count). The predicted molar refractivity (Wildman–Crippen MR) is 109 cm³/mol. The predicted octanol–water partition coefficient (Wildman–Crippen LogP) is 3.93. The van der Waals surface area contributed by atoms with Crippen LogP contribution in [-0.2, 0) is 12.3 Å². The van der Waals surface area contributed by atoms with Crippen molar-refractivity contribution in [2.24, 2.45) is 0 Å². The molecule has 0 N–H and O–H groups in total. The van der Waals surface area contributed by atoms with Crippen molar-refractivity contribution in [2.45, 2.75) is 37.7 Å². The van der Waals surface area contributed by atoms with Crippen molar-refractivity contribution < 1.29 is 0 Å². The molecule has 0 unspecified atom stereocenters. The molecule has 2 heterocycles. The zero-order valence-electron chi connectivity index (χ0n) is 15.9. The van der Waals surface area contributed by atoms with E-state index in [9.17, 15) is 0 Å². The minimum absolute atomic E-state index is 0.631. The number of nitrogens with zero attached hydrogens (tertiary/aromatic N) is 7. The molecule has 28 heavy (non-hydrogen) atoms. The van der Waals surface area contributed by atoms with Gasteiger partial charge >= 0.3 is 0 Å². The molecule has 0 bridgehead atoms. The summed E-state index contributed by atoms with van der Waals surface area (Å²) in [4.78, 5) is 0. The Hall–Kier alpha value is -3.00. The number of aryl methyl sites for hydroxylation is 2. The van der Waals surface area contributed by atoms with Gasteiger partial charge in [0.2, 0.25) is 0 Å². The third-order valence-electron chi connectivity index (χ3n) is 4.33. The Kier molecular flexibility index (Phi) is 5.48. The lowest BCUT2D eigenvalue weighted by molar-refractivity contribution is 0.564. The maximum atomic E-state index is 4.48. The Morgan fingerprint density at radius 2 is 1.71 bits per heavy atom. The molecule has 0 saturated heterocycles. The van der Waals surface area contributed by atoms with E-state index in [1.54, 1.807) is 11.8 Å². The van der Waals surface area contributed by atoms with Gasteiger partial charge in [0.25, 0.3) is 0 Å². The molecular formula is C20H21N7S. The zero-order valence-corrected chi connectivity index (χ0v) is 16.7. The summed E-state index contributed by atoms with van der Waals surface area (Å²) in [7, 11) is 0. The Labute approximate surface area is 167 Å². The molecule has 8 heteroatoms. The van der Waals surface area contributed by atoms with E-state index >= 15 is 0 Å². The van der Waals surface area contributed by atoms with Crippen LogP contribution in [0.3, 0.4) is 0 Å². The fourth-order valence-corrected chi connectivity index (χ4v) is 3.79. The van der Waals surface area contributed by atoms with Gasteiger partial charge in [0.1, 0.15) is 0 Å². The van der Waals surface area contributed by atoms with Crippen LogP contribution in [0.15, 0.2) is 59.8 Å². The van der Waals surface area contributed by atoms with Crippen molar-refractivity contribution in [1.82, 2.24) is 35.0 Å². The average Bonchev–Trinajstić information content (AvgIpc) is 3.35. The first-order valence-electron chi connectivity index (χ1n) is 9.22. The highest BCUT2D eigenvalue weighted by Gasteiger charge is 2.17. The van der Waals surface area contributed by atoms with E-state index in [0.717, 1.165) is 41.0 Å². The number of tetrazole rings is 1. The molecule has 142 valence electrons. The highest BCUT2D eigenvalue weighted by molar-refractivity contribution is 7.98. The maximum Gasteiger partial charge on any atom is 0.196 e. The first-order valence-corrected chi connectivity index (χ1v) is 10.2. The summed E-state index contributed by atoms with van der Waals surface area (Å²) in [6.07, 6.45) is 0.987. The highest BCUT2D eigenvalue weighted by atomic mass is 32.2. The third kappa shape index (κ3) is 3.82. The third-order valence-corrected chi connectivity index (χ3v) is 5.25. The number of aromatic nitrogens is 7. The van der Waals surface area contributed by atoms with E-state index in [1.807, 2.05) is 35.0 Å². The van der Waals surface area contributed by atoms with Gasteiger partial charge in [-0.15, -0.1) is 15.3 Å². The number of hydrogen-bond acceptors (Lipinski definition) is 6. The van der Waals surface area contributed by atoms with E-state index < -0.39 is 0 Å². The van der Waals surface area contributed by atoms with Gasteiger partial charge in [-0.2, -0.15) is 0 Å². The van der Waals surface area contributed by atoms with Crippen molar-refractivity contribution in [2.75, 3.05) is 0 Å². The smallest absolute Gasteiger partial charge is 0.196 e. The van der Waals surface area contributed by atoms with Crippen LogP contribution >= 0.6 is 11.8 Å². The molecule has 0 fully saturated rings. The Morgan fingerprint density at radius 1 is 0.929 bits per heavy atom. The number of thioether (sulfide) groups is 1. The summed E-state index contributed by atoms with van der Waals surface area (Å²) in [6, 6.07) is 18.5. The number of hydrogen-bond donors (Lipinski definition) is 0. The first kappa shape index (κ1) is 18.4. The summed E-state index contributed by atoms with van der Waals surface area (Å²) >= 11 is 1.59. The molecule has 0 aliphatic carbocycles. The normalized spacial score (nSPS) is 11.1. The lowest BCUT2D eigenvalue weighted by Gasteiger charge is -2.10. The maximum absolute atomic E-state index is 4.48. The standard InChI is InChI=1S/C20H21N7S/c1-3-13-26-18(21-24-25-26)14-28-20-23-22-19(16-7-5-4-6-8-16)27(20)17-11-9-15(2)10-12-17/h4-12H,3,13-14H2,1-2H3. The molecule has 0 aliphatic heterocycles. The quantitative estimate of drug-likeness (QED) is 0.444. The molecular weight excluding hydrogens is 370 g/mol. The minimum atomic E-state index is 0.631. The molecule has 0 radical (unpaired) electrons. The fourth-order valence-electron chi connectivity index (χ4n) is 2.91. The van der Waals surface area contributed by atoms with E-state index in [1.165, 1.54) is 5.56 Å².